The quantitative estimate of drug-likeness (QED) is 0.553. The first-order valence-electron chi connectivity index (χ1n) is 7.35. The van der Waals surface area contributed by atoms with Crippen molar-refractivity contribution in [1.82, 2.24) is 30.3 Å². The lowest BCUT2D eigenvalue weighted by atomic mass is 10.2. The zero-order valence-electron chi connectivity index (χ0n) is 12.5. The summed E-state index contributed by atoms with van der Waals surface area (Å²) in [6.07, 6.45) is 2.34. The summed E-state index contributed by atoms with van der Waals surface area (Å²) in [6, 6.07) is 1.97. The normalized spacial score (nSPS) is 17.6. The lowest BCUT2D eigenvalue weighted by Gasteiger charge is -2.09. The van der Waals surface area contributed by atoms with E-state index in [1.165, 1.54) is 11.8 Å². The first-order chi connectivity index (χ1) is 11.8. The van der Waals surface area contributed by atoms with Crippen molar-refractivity contribution in [3.8, 4) is 10.7 Å². The Bertz CT molecular complexity index is 813. The van der Waals surface area contributed by atoms with Crippen molar-refractivity contribution in [3.63, 3.8) is 0 Å². The van der Waals surface area contributed by atoms with Crippen LogP contribution >= 0.6 is 39.0 Å². The molecule has 4 rings (SSSR count). The van der Waals surface area contributed by atoms with Gasteiger partial charge in [0.1, 0.15) is 0 Å². The highest BCUT2D eigenvalue weighted by atomic mass is 79.9. The largest absolute Gasteiger partial charge is 0.376 e. The van der Waals surface area contributed by atoms with E-state index in [0.717, 1.165) is 34.0 Å². The van der Waals surface area contributed by atoms with Crippen LogP contribution in [0.3, 0.4) is 0 Å². The lowest BCUT2D eigenvalue weighted by molar-refractivity contribution is 0.0912. The molecule has 0 bridgehead atoms. The molecule has 1 atom stereocenters. The van der Waals surface area contributed by atoms with E-state index in [0.29, 0.717) is 24.0 Å². The first-order valence-corrected chi connectivity index (χ1v) is 10.0. The molecule has 0 N–H and O–H groups in total. The SMILES string of the molecule is Brc1csc(-c2noc(CSc3nnnn3C[C@@H]3CCCO3)n2)c1. The predicted octanol–water partition coefficient (Wildman–Crippen LogP) is 3.02. The van der Waals surface area contributed by atoms with E-state index in [2.05, 4.69) is 41.6 Å². The van der Waals surface area contributed by atoms with Crippen LogP contribution in [0.15, 0.2) is 25.6 Å². The molecule has 24 heavy (non-hydrogen) atoms. The number of ether oxygens (including phenoxy) is 1. The fraction of sp³-hybridized carbons (Fsp3) is 0.462. The van der Waals surface area contributed by atoms with Gasteiger partial charge in [-0.1, -0.05) is 16.9 Å². The van der Waals surface area contributed by atoms with E-state index >= 15 is 0 Å². The molecule has 0 spiro atoms. The number of tetrazole rings is 1. The molecule has 0 unspecified atom stereocenters. The maximum Gasteiger partial charge on any atom is 0.237 e. The Hall–Kier alpha value is -1.30. The van der Waals surface area contributed by atoms with Crippen molar-refractivity contribution in [2.24, 2.45) is 0 Å². The summed E-state index contributed by atoms with van der Waals surface area (Å²) < 4.78 is 13.7. The van der Waals surface area contributed by atoms with Gasteiger partial charge in [0, 0.05) is 16.5 Å². The van der Waals surface area contributed by atoms with Gasteiger partial charge in [0.2, 0.25) is 16.9 Å². The van der Waals surface area contributed by atoms with Crippen molar-refractivity contribution < 1.29 is 9.26 Å². The standard InChI is InChI=1S/C13H13BrN6O2S2/c14-8-4-10(23-6-8)12-15-11(22-17-12)7-24-13-16-18-19-20(13)5-9-2-1-3-21-9/h4,6,9H,1-3,5,7H2/t9-/m0/s1. The van der Waals surface area contributed by atoms with Crippen LogP contribution in [0, 0.1) is 0 Å². The molecule has 0 radical (unpaired) electrons. The Kier molecular flexibility index (Phi) is 4.92. The second-order valence-corrected chi connectivity index (χ2v) is 7.98. The number of halogens is 1. The summed E-state index contributed by atoms with van der Waals surface area (Å²) in [7, 11) is 0. The minimum Gasteiger partial charge on any atom is -0.376 e. The van der Waals surface area contributed by atoms with E-state index in [9.17, 15) is 0 Å². The first kappa shape index (κ1) is 16.2. The van der Waals surface area contributed by atoms with Crippen LogP contribution in [0.25, 0.3) is 10.7 Å². The third-order valence-electron chi connectivity index (χ3n) is 3.48. The van der Waals surface area contributed by atoms with Gasteiger partial charge in [0.15, 0.2) is 0 Å². The third-order valence-corrected chi connectivity index (χ3v) is 6.11. The molecule has 3 aromatic rings. The Balaban J connectivity index is 1.39. The van der Waals surface area contributed by atoms with Crippen LogP contribution in [0.5, 0.6) is 0 Å². The van der Waals surface area contributed by atoms with Gasteiger partial charge in [-0.3, -0.25) is 0 Å². The van der Waals surface area contributed by atoms with Crippen molar-refractivity contribution in [1.29, 1.82) is 0 Å². The third kappa shape index (κ3) is 3.68. The monoisotopic (exact) mass is 428 g/mol. The van der Waals surface area contributed by atoms with Crippen LogP contribution in [-0.4, -0.2) is 43.1 Å². The summed E-state index contributed by atoms with van der Waals surface area (Å²) in [5, 5.41) is 18.6. The van der Waals surface area contributed by atoms with Crippen LogP contribution < -0.4 is 0 Å². The fourth-order valence-corrected chi connectivity index (χ4v) is 4.44. The molecule has 126 valence electrons. The van der Waals surface area contributed by atoms with Gasteiger partial charge in [0.25, 0.3) is 0 Å². The summed E-state index contributed by atoms with van der Waals surface area (Å²) in [4.78, 5) is 5.38. The topological polar surface area (TPSA) is 91.8 Å². The van der Waals surface area contributed by atoms with Gasteiger partial charge in [-0.25, -0.2) is 4.68 Å². The highest BCUT2D eigenvalue weighted by molar-refractivity contribution is 9.10. The van der Waals surface area contributed by atoms with E-state index in [4.69, 9.17) is 9.26 Å². The van der Waals surface area contributed by atoms with Crippen molar-refractivity contribution in [3.05, 3.63) is 21.8 Å². The van der Waals surface area contributed by atoms with E-state index in [1.54, 1.807) is 16.0 Å². The summed E-state index contributed by atoms with van der Waals surface area (Å²) >= 11 is 6.46. The number of rotatable bonds is 6. The van der Waals surface area contributed by atoms with Gasteiger partial charge >= 0.3 is 0 Å². The molecule has 1 aliphatic heterocycles. The summed E-state index contributed by atoms with van der Waals surface area (Å²) in [5.41, 5.74) is 0. The van der Waals surface area contributed by atoms with Crippen molar-refractivity contribution in [2.45, 2.75) is 36.4 Å². The molecule has 0 aliphatic carbocycles. The smallest absolute Gasteiger partial charge is 0.237 e. The minimum atomic E-state index is 0.195. The molecule has 0 saturated carbocycles. The molecule has 4 heterocycles. The van der Waals surface area contributed by atoms with Crippen LogP contribution in [0.2, 0.25) is 0 Å². The highest BCUT2D eigenvalue weighted by Gasteiger charge is 2.19. The zero-order valence-corrected chi connectivity index (χ0v) is 15.7. The van der Waals surface area contributed by atoms with E-state index in [1.807, 2.05) is 11.4 Å². The molecule has 11 heteroatoms. The maximum atomic E-state index is 5.63. The molecule has 8 nitrogen and oxygen atoms in total. The van der Waals surface area contributed by atoms with Crippen LogP contribution in [0.4, 0.5) is 0 Å². The Labute approximate surface area is 154 Å². The molecular formula is C13H13BrN6O2S2. The number of thiophene rings is 1. The van der Waals surface area contributed by atoms with Gasteiger partial charge in [0.05, 0.1) is 23.3 Å². The Morgan fingerprint density at radius 2 is 2.42 bits per heavy atom. The number of nitrogens with zero attached hydrogens (tertiary/aromatic N) is 6. The van der Waals surface area contributed by atoms with Gasteiger partial charge in [-0.2, -0.15) is 4.98 Å². The van der Waals surface area contributed by atoms with Crippen LogP contribution in [-0.2, 0) is 17.0 Å². The fourth-order valence-electron chi connectivity index (χ4n) is 2.37. The maximum absolute atomic E-state index is 5.63. The molecule has 0 aromatic carbocycles. The summed E-state index contributed by atoms with van der Waals surface area (Å²) in [5.74, 6) is 1.66. The molecule has 0 amide bonds. The van der Waals surface area contributed by atoms with Gasteiger partial charge in [-0.05, 0) is 45.3 Å². The minimum absolute atomic E-state index is 0.195. The lowest BCUT2D eigenvalue weighted by Crippen LogP contribution is -2.16. The molecule has 1 aliphatic rings. The Morgan fingerprint density at radius 3 is 3.21 bits per heavy atom. The average molecular weight is 429 g/mol. The second-order valence-electron chi connectivity index (χ2n) is 5.21. The number of hydrogen-bond donors (Lipinski definition) is 0. The average Bonchev–Trinajstić information content (AvgIpc) is 3.34. The van der Waals surface area contributed by atoms with Crippen LogP contribution in [0.1, 0.15) is 18.7 Å². The zero-order chi connectivity index (χ0) is 16.4. The van der Waals surface area contributed by atoms with Gasteiger partial charge < -0.3 is 9.26 Å². The molecule has 1 fully saturated rings. The van der Waals surface area contributed by atoms with Crippen molar-refractivity contribution >= 4 is 39.0 Å². The van der Waals surface area contributed by atoms with Gasteiger partial charge in [-0.15, -0.1) is 16.4 Å². The van der Waals surface area contributed by atoms with E-state index < -0.39 is 0 Å². The number of thioether (sulfide) groups is 1. The number of aromatic nitrogens is 6. The molecular weight excluding hydrogens is 416 g/mol. The summed E-state index contributed by atoms with van der Waals surface area (Å²) in [6.45, 7) is 1.49. The number of hydrogen-bond acceptors (Lipinski definition) is 9. The molecule has 3 aromatic heterocycles. The Morgan fingerprint density at radius 1 is 1.46 bits per heavy atom. The predicted molar refractivity (Wildman–Crippen MR) is 91.7 cm³/mol. The van der Waals surface area contributed by atoms with Crippen molar-refractivity contribution in [2.75, 3.05) is 6.61 Å². The highest BCUT2D eigenvalue weighted by Crippen LogP contribution is 2.28. The molecule has 1 saturated heterocycles. The second kappa shape index (κ2) is 7.30. The van der Waals surface area contributed by atoms with E-state index in [-0.39, 0.29) is 6.10 Å².